The van der Waals surface area contributed by atoms with Gasteiger partial charge in [-0.2, -0.15) is 0 Å². The summed E-state index contributed by atoms with van der Waals surface area (Å²) in [6.45, 7) is 6.49. The molecule has 0 bridgehead atoms. The molecule has 2 aliphatic rings. The molecule has 2 aromatic rings. The van der Waals surface area contributed by atoms with E-state index >= 15 is 0 Å². The van der Waals surface area contributed by atoms with Crippen molar-refractivity contribution in [1.29, 1.82) is 0 Å². The minimum Gasteiger partial charge on any atom is -0.497 e. The number of hydrogen-bond acceptors (Lipinski definition) is 4. The number of Topliss-reactive ketones (excluding diaryl/α,β-unsaturated/α-hetero) is 1. The SMILES string of the molecule is COc1ccc(N2CCN(CCCn3ccc4c3CCCC4=O)CC2)cc1. The molecule has 5 heteroatoms. The Morgan fingerprint density at radius 1 is 0.963 bits per heavy atom. The second-order valence-electron chi connectivity index (χ2n) is 7.53. The first kappa shape index (κ1) is 18.1. The van der Waals surface area contributed by atoms with Crippen LogP contribution in [0, 0.1) is 0 Å². The number of benzene rings is 1. The zero-order chi connectivity index (χ0) is 18.6. The van der Waals surface area contributed by atoms with E-state index in [1.165, 1.54) is 11.4 Å². The lowest BCUT2D eigenvalue weighted by molar-refractivity contribution is 0.0971. The average Bonchev–Trinajstić information content (AvgIpc) is 3.13. The molecule has 0 unspecified atom stereocenters. The van der Waals surface area contributed by atoms with Gasteiger partial charge in [0.25, 0.3) is 0 Å². The van der Waals surface area contributed by atoms with Gasteiger partial charge >= 0.3 is 0 Å². The van der Waals surface area contributed by atoms with Gasteiger partial charge in [0, 0.05) is 62.3 Å². The van der Waals surface area contributed by atoms with Crippen molar-refractivity contribution in [2.24, 2.45) is 0 Å². The molecular weight excluding hydrogens is 338 g/mol. The maximum atomic E-state index is 12.0. The van der Waals surface area contributed by atoms with Gasteiger partial charge < -0.3 is 14.2 Å². The lowest BCUT2D eigenvalue weighted by Crippen LogP contribution is -2.46. The van der Waals surface area contributed by atoms with Crippen LogP contribution in [0.3, 0.4) is 0 Å². The van der Waals surface area contributed by atoms with E-state index < -0.39 is 0 Å². The van der Waals surface area contributed by atoms with Crippen molar-refractivity contribution >= 4 is 11.5 Å². The smallest absolute Gasteiger partial charge is 0.164 e. The second kappa shape index (κ2) is 8.17. The number of aryl methyl sites for hydroxylation is 1. The van der Waals surface area contributed by atoms with Gasteiger partial charge in [-0.25, -0.2) is 0 Å². The number of nitrogens with zero attached hydrogens (tertiary/aromatic N) is 3. The molecule has 1 aromatic carbocycles. The van der Waals surface area contributed by atoms with Crippen LogP contribution in [0.4, 0.5) is 5.69 Å². The fraction of sp³-hybridized carbons (Fsp3) is 0.500. The fourth-order valence-corrected chi connectivity index (χ4v) is 4.29. The maximum absolute atomic E-state index is 12.0. The summed E-state index contributed by atoms with van der Waals surface area (Å²) >= 11 is 0. The monoisotopic (exact) mass is 367 g/mol. The Bertz CT molecular complexity index is 773. The number of piperazine rings is 1. The van der Waals surface area contributed by atoms with E-state index in [0.29, 0.717) is 5.78 Å². The Hall–Kier alpha value is -2.27. The molecule has 0 radical (unpaired) electrons. The van der Waals surface area contributed by atoms with E-state index in [4.69, 9.17) is 4.74 Å². The molecule has 144 valence electrons. The number of ketones is 1. The molecular formula is C22H29N3O2. The van der Waals surface area contributed by atoms with Gasteiger partial charge in [-0.15, -0.1) is 0 Å². The average molecular weight is 367 g/mol. The van der Waals surface area contributed by atoms with Crippen molar-refractivity contribution in [2.45, 2.75) is 32.2 Å². The van der Waals surface area contributed by atoms with Crippen molar-refractivity contribution in [1.82, 2.24) is 9.47 Å². The van der Waals surface area contributed by atoms with E-state index in [2.05, 4.69) is 32.7 Å². The zero-order valence-corrected chi connectivity index (χ0v) is 16.2. The van der Waals surface area contributed by atoms with Crippen molar-refractivity contribution in [2.75, 3.05) is 44.7 Å². The summed E-state index contributed by atoms with van der Waals surface area (Å²) < 4.78 is 7.55. The molecule has 0 amide bonds. The topological polar surface area (TPSA) is 37.7 Å². The molecule has 5 nitrogen and oxygen atoms in total. The molecule has 0 N–H and O–H groups in total. The Morgan fingerprint density at radius 3 is 2.48 bits per heavy atom. The van der Waals surface area contributed by atoms with Crippen LogP contribution in [0.5, 0.6) is 5.75 Å². The zero-order valence-electron chi connectivity index (χ0n) is 16.2. The summed E-state index contributed by atoms with van der Waals surface area (Å²) in [5.74, 6) is 1.23. The van der Waals surface area contributed by atoms with Gasteiger partial charge in [-0.1, -0.05) is 0 Å². The first-order chi connectivity index (χ1) is 13.2. The molecule has 0 saturated carbocycles. The van der Waals surface area contributed by atoms with Crippen LogP contribution in [0.15, 0.2) is 36.5 Å². The number of carbonyl (C=O) groups is 1. The highest BCUT2D eigenvalue weighted by molar-refractivity contribution is 5.98. The van der Waals surface area contributed by atoms with Crippen molar-refractivity contribution in [3.8, 4) is 5.75 Å². The molecule has 1 aliphatic carbocycles. The number of ether oxygens (including phenoxy) is 1. The number of rotatable bonds is 6. The highest BCUT2D eigenvalue weighted by Gasteiger charge is 2.21. The fourth-order valence-electron chi connectivity index (χ4n) is 4.29. The standard InChI is InChI=1S/C22H29N3O2/c1-27-19-8-6-18(7-9-19)24-16-14-23(15-17-24)11-3-12-25-13-10-20-21(25)4-2-5-22(20)26/h6-10,13H,2-5,11-12,14-17H2,1H3. The molecule has 0 spiro atoms. The van der Waals surface area contributed by atoms with Gasteiger partial charge in [0.05, 0.1) is 7.11 Å². The third kappa shape index (κ3) is 4.03. The van der Waals surface area contributed by atoms with Crippen LogP contribution in [0.1, 0.15) is 35.3 Å². The summed E-state index contributed by atoms with van der Waals surface area (Å²) in [4.78, 5) is 17.0. The van der Waals surface area contributed by atoms with Gasteiger partial charge in [-0.3, -0.25) is 9.69 Å². The molecule has 1 fully saturated rings. The normalized spacial score (nSPS) is 17.8. The minimum atomic E-state index is 0.324. The summed E-state index contributed by atoms with van der Waals surface area (Å²) in [5, 5.41) is 0. The van der Waals surface area contributed by atoms with Crippen LogP contribution in [-0.4, -0.2) is 55.1 Å². The Balaban J connectivity index is 1.23. The Morgan fingerprint density at radius 2 is 1.74 bits per heavy atom. The van der Waals surface area contributed by atoms with Crippen molar-refractivity contribution in [3.05, 3.63) is 47.8 Å². The number of aromatic nitrogens is 1. The van der Waals surface area contributed by atoms with Crippen LogP contribution in [0.2, 0.25) is 0 Å². The van der Waals surface area contributed by atoms with E-state index in [1.807, 2.05) is 18.2 Å². The molecule has 27 heavy (non-hydrogen) atoms. The molecule has 1 aromatic heterocycles. The third-order valence-electron chi connectivity index (χ3n) is 5.88. The first-order valence-corrected chi connectivity index (χ1v) is 10.1. The molecule has 0 atom stereocenters. The summed E-state index contributed by atoms with van der Waals surface area (Å²) in [6, 6.07) is 10.4. The van der Waals surface area contributed by atoms with Gasteiger partial charge in [0.15, 0.2) is 5.78 Å². The number of carbonyl (C=O) groups excluding carboxylic acids is 1. The summed E-state index contributed by atoms with van der Waals surface area (Å²) in [7, 11) is 1.70. The van der Waals surface area contributed by atoms with Gasteiger partial charge in [-0.05, 0) is 56.1 Å². The van der Waals surface area contributed by atoms with Crippen LogP contribution in [-0.2, 0) is 13.0 Å². The summed E-state index contributed by atoms with van der Waals surface area (Å²) in [6.07, 6.45) is 6.01. The minimum absolute atomic E-state index is 0.324. The van der Waals surface area contributed by atoms with E-state index in [0.717, 1.165) is 76.3 Å². The highest BCUT2D eigenvalue weighted by atomic mass is 16.5. The molecule has 1 aliphatic heterocycles. The van der Waals surface area contributed by atoms with Gasteiger partial charge in [0.1, 0.15) is 5.75 Å². The number of hydrogen-bond donors (Lipinski definition) is 0. The molecule has 1 saturated heterocycles. The van der Waals surface area contributed by atoms with Crippen LogP contribution >= 0.6 is 0 Å². The lowest BCUT2D eigenvalue weighted by atomic mass is 9.97. The number of methoxy groups -OCH3 is 1. The predicted octanol–water partition coefficient (Wildman–Crippen LogP) is 3.23. The van der Waals surface area contributed by atoms with Crippen molar-refractivity contribution in [3.63, 3.8) is 0 Å². The van der Waals surface area contributed by atoms with Crippen molar-refractivity contribution < 1.29 is 9.53 Å². The quantitative estimate of drug-likeness (QED) is 0.786. The molecule has 2 heterocycles. The van der Waals surface area contributed by atoms with Gasteiger partial charge in [0.2, 0.25) is 0 Å². The van der Waals surface area contributed by atoms with Crippen LogP contribution < -0.4 is 9.64 Å². The predicted molar refractivity (Wildman–Crippen MR) is 108 cm³/mol. The number of fused-ring (bicyclic) bond motifs is 1. The third-order valence-corrected chi connectivity index (χ3v) is 5.88. The Kier molecular flexibility index (Phi) is 5.48. The maximum Gasteiger partial charge on any atom is 0.164 e. The first-order valence-electron chi connectivity index (χ1n) is 10.1. The summed E-state index contributed by atoms with van der Waals surface area (Å²) in [5.41, 5.74) is 3.50. The van der Waals surface area contributed by atoms with E-state index in [9.17, 15) is 4.79 Å². The van der Waals surface area contributed by atoms with Crippen LogP contribution in [0.25, 0.3) is 0 Å². The lowest BCUT2D eigenvalue weighted by Gasteiger charge is -2.36. The van der Waals surface area contributed by atoms with E-state index in [1.54, 1.807) is 7.11 Å². The van der Waals surface area contributed by atoms with E-state index in [-0.39, 0.29) is 0 Å². The Labute approximate surface area is 161 Å². The molecule has 4 rings (SSSR count). The number of anilines is 1. The second-order valence-corrected chi connectivity index (χ2v) is 7.53. The highest BCUT2D eigenvalue weighted by Crippen LogP contribution is 2.23. The largest absolute Gasteiger partial charge is 0.497 e.